The number of hydrogen-bond donors (Lipinski definition) is 1. The fourth-order valence-corrected chi connectivity index (χ4v) is 1.54. The Bertz CT molecular complexity index is 523. The molecule has 0 aromatic heterocycles. The van der Waals surface area contributed by atoms with Crippen LogP contribution < -0.4 is 10.1 Å². The van der Waals surface area contributed by atoms with Crippen molar-refractivity contribution in [2.75, 3.05) is 5.32 Å². The largest absolute Gasteiger partial charge is 0.455 e. The van der Waals surface area contributed by atoms with E-state index in [0.29, 0.717) is 17.8 Å². The number of para-hydroxylation sites is 2. The van der Waals surface area contributed by atoms with E-state index in [0.717, 1.165) is 11.3 Å². The molecule has 0 aliphatic rings. The number of ether oxygens (including phenoxy) is 1. The molecule has 2 rings (SSSR count). The van der Waals surface area contributed by atoms with Crippen LogP contribution in [0.1, 0.15) is 5.56 Å². The third kappa shape index (κ3) is 2.84. The summed E-state index contributed by atoms with van der Waals surface area (Å²) in [5, 5.41) is 2.61. The van der Waals surface area contributed by atoms with E-state index in [1.165, 1.54) is 0 Å². The summed E-state index contributed by atoms with van der Waals surface area (Å²) in [6.07, 6.45) is 0.637. The quantitative estimate of drug-likeness (QED) is 0.813. The molecular formula is C14H13NO2. The van der Waals surface area contributed by atoms with E-state index in [-0.39, 0.29) is 0 Å². The number of nitrogens with one attached hydrogen (secondary N) is 1. The zero-order valence-corrected chi connectivity index (χ0v) is 9.51. The zero-order valence-electron chi connectivity index (χ0n) is 9.51. The van der Waals surface area contributed by atoms with Gasteiger partial charge in [-0.3, -0.25) is 4.79 Å². The van der Waals surface area contributed by atoms with E-state index in [1.807, 2.05) is 49.4 Å². The third-order valence-corrected chi connectivity index (χ3v) is 2.32. The first-order valence-corrected chi connectivity index (χ1v) is 5.33. The Morgan fingerprint density at radius 2 is 1.94 bits per heavy atom. The maximum Gasteiger partial charge on any atom is 0.211 e. The Kier molecular flexibility index (Phi) is 3.40. The van der Waals surface area contributed by atoms with E-state index in [9.17, 15) is 4.79 Å². The minimum absolute atomic E-state index is 0.630. The smallest absolute Gasteiger partial charge is 0.211 e. The minimum Gasteiger partial charge on any atom is -0.455 e. The summed E-state index contributed by atoms with van der Waals surface area (Å²) < 4.78 is 5.72. The van der Waals surface area contributed by atoms with E-state index < -0.39 is 0 Å². The average Bonchev–Trinajstić information content (AvgIpc) is 2.32. The van der Waals surface area contributed by atoms with Crippen molar-refractivity contribution < 1.29 is 9.53 Å². The molecule has 86 valence electrons. The number of carbonyl (C=O) groups is 1. The van der Waals surface area contributed by atoms with Crippen molar-refractivity contribution >= 4 is 12.1 Å². The highest BCUT2D eigenvalue weighted by atomic mass is 16.5. The molecule has 1 N–H and O–H groups in total. The summed E-state index contributed by atoms with van der Waals surface area (Å²) in [7, 11) is 0. The third-order valence-electron chi connectivity index (χ3n) is 2.32. The Morgan fingerprint density at radius 1 is 1.12 bits per heavy atom. The van der Waals surface area contributed by atoms with Gasteiger partial charge in [-0.05, 0) is 36.8 Å². The van der Waals surface area contributed by atoms with E-state index in [2.05, 4.69) is 5.32 Å². The maximum atomic E-state index is 10.5. The van der Waals surface area contributed by atoms with Crippen LogP contribution in [0.3, 0.4) is 0 Å². The zero-order chi connectivity index (χ0) is 12.1. The lowest BCUT2D eigenvalue weighted by Gasteiger charge is -2.10. The average molecular weight is 227 g/mol. The molecule has 2 aromatic carbocycles. The van der Waals surface area contributed by atoms with Crippen molar-refractivity contribution in [1.29, 1.82) is 0 Å². The molecule has 0 fully saturated rings. The van der Waals surface area contributed by atoms with Crippen LogP contribution in [-0.2, 0) is 4.79 Å². The second kappa shape index (κ2) is 5.16. The van der Waals surface area contributed by atoms with Crippen LogP contribution in [0.4, 0.5) is 5.69 Å². The first kappa shape index (κ1) is 11.2. The van der Waals surface area contributed by atoms with Crippen LogP contribution in [0.15, 0.2) is 48.5 Å². The fraction of sp³-hybridized carbons (Fsp3) is 0.0714. The molecule has 0 heterocycles. The number of carbonyl (C=O) groups excluding carboxylic acids is 1. The molecule has 0 spiro atoms. The molecule has 3 nitrogen and oxygen atoms in total. The van der Waals surface area contributed by atoms with Gasteiger partial charge in [0.05, 0.1) is 5.69 Å². The van der Waals surface area contributed by atoms with Gasteiger partial charge >= 0.3 is 0 Å². The van der Waals surface area contributed by atoms with Crippen LogP contribution >= 0.6 is 0 Å². The van der Waals surface area contributed by atoms with Gasteiger partial charge < -0.3 is 10.1 Å². The van der Waals surface area contributed by atoms with E-state index in [1.54, 1.807) is 6.07 Å². The Balaban J connectivity index is 2.26. The lowest BCUT2D eigenvalue weighted by atomic mass is 10.2. The summed E-state index contributed by atoms with van der Waals surface area (Å²) in [5.74, 6) is 1.38. The topological polar surface area (TPSA) is 38.3 Å². The number of rotatable bonds is 4. The first-order valence-electron chi connectivity index (χ1n) is 5.33. The van der Waals surface area contributed by atoms with Crippen molar-refractivity contribution in [3.05, 3.63) is 54.1 Å². The predicted molar refractivity (Wildman–Crippen MR) is 67.4 cm³/mol. The highest BCUT2D eigenvalue weighted by molar-refractivity contribution is 5.75. The van der Waals surface area contributed by atoms with Crippen molar-refractivity contribution in [3.63, 3.8) is 0 Å². The fourth-order valence-electron chi connectivity index (χ4n) is 1.54. The van der Waals surface area contributed by atoms with E-state index >= 15 is 0 Å². The van der Waals surface area contributed by atoms with Crippen molar-refractivity contribution in [3.8, 4) is 11.5 Å². The van der Waals surface area contributed by atoms with Gasteiger partial charge in [0, 0.05) is 0 Å². The lowest BCUT2D eigenvalue weighted by molar-refractivity contribution is -0.105. The number of amides is 1. The first-order chi connectivity index (χ1) is 8.29. The minimum atomic E-state index is 0.630. The summed E-state index contributed by atoms with van der Waals surface area (Å²) in [6, 6.07) is 15.1. The summed E-state index contributed by atoms with van der Waals surface area (Å²) in [5.41, 5.74) is 1.78. The van der Waals surface area contributed by atoms with Crippen LogP contribution in [0, 0.1) is 6.92 Å². The highest BCUT2D eigenvalue weighted by Crippen LogP contribution is 2.29. The summed E-state index contributed by atoms with van der Waals surface area (Å²) >= 11 is 0. The van der Waals surface area contributed by atoms with Gasteiger partial charge in [-0.15, -0.1) is 0 Å². The molecule has 3 heteroatoms. The van der Waals surface area contributed by atoms with Gasteiger partial charge in [0.25, 0.3) is 0 Å². The second-order valence-corrected chi connectivity index (χ2v) is 3.68. The van der Waals surface area contributed by atoms with Crippen molar-refractivity contribution in [2.24, 2.45) is 0 Å². The number of hydrogen-bond acceptors (Lipinski definition) is 2. The number of benzene rings is 2. The van der Waals surface area contributed by atoms with E-state index in [4.69, 9.17) is 4.74 Å². The number of anilines is 1. The summed E-state index contributed by atoms with van der Waals surface area (Å²) in [6.45, 7) is 2.00. The molecule has 0 atom stereocenters. The molecule has 0 aliphatic heterocycles. The lowest BCUT2D eigenvalue weighted by Crippen LogP contribution is -1.96. The SMILES string of the molecule is Cc1cccc(Oc2ccccc2NC=O)c1. The molecule has 17 heavy (non-hydrogen) atoms. The molecule has 1 amide bonds. The Hall–Kier alpha value is -2.29. The molecular weight excluding hydrogens is 214 g/mol. The highest BCUT2D eigenvalue weighted by Gasteiger charge is 2.03. The molecule has 0 saturated carbocycles. The monoisotopic (exact) mass is 227 g/mol. The summed E-state index contributed by atoms with van der Waals surface area (Å²) in [4.78, 5) is 10.5. The van der Waals surface area contributed by atoms with Gasteiger partial charge in [0.2, 0.25) is 6.41 Å². The van der Waals surface area contributed by atoms with Crippen molar-refractivity contribution in [1.82, 2.24) is 0 Å². The van der Waals surface area contributed by atoms with Gasteiger partial charge in [-0.1, -0.05) is 24.3 Å². The molecule has 2 aromatic rings. The van der Waals surface area contributed by atoms with Gasteiger partial charge in [-0.2, -0.15) is 0 Å². The van der Waals surface area contributed by atoms with Gasteiger partial charge in [0.15, 0.2) is 5.75 Å². The van der Waals surface area contributed by atoms with Crippen LogP contribution in [0.5, 0.6) is 11.5 Å². The second-order valence-electron chi connectivity index (χ2n) is 3.68. The molecule has 0 unspecified atom stereocenters. The van der Waals surface area contributed by atoms with Gasteiger partial charge in [0.1, 0.15) is 5.75 Å². The molecule has 0 bridgehead atoms. The predicted octanol–water partition coefficient (Wildman–Crippen LogP) is 3.36. The van der Waals surface area contributed by atoms with Gasteiger partial charge in [-0.25, -0.2) is 0 Å². The standard InChI is InChI=1S/C14H13NO2/c1-11-5-4-6-12(9-11)17-14-8-3-2-7-13(14)15-10-16/h2-10H,1H3,(H,15,16). The van der Waals surface area contributed by atoms with Crippen LogP contribution in [0.2, 0.25) is 0 Å². The normalized spacial score (nSPS) is 9.71. The Labute approximate surface area is 100 Å². The molecule has 0 aliphatic carbocycles. The molecule has 0 radical (unpaired) electrons. The Morgan fingerprint density at radius 3 is 2.71 bits per heavy atom. The maximum absolute atomic E-state index is 10.5. The van der Waals surface area contributed by atoms with Crippen LogP contribution in [0.25, 0.3) is 0 Å². The number of aryl methyl sites for hydroxylation is 1. The molecule has 0 saturated heterocycles. The van der Waals surface area contributed by atoms with Crippen molar-refractivity contribution in [2.45, 2.75) is 6.92 Å². The van der Waals surface area contributed by atoms with Crippen LogP contribution in [-0.4, -0.2) is 6.41 Å².